The fraction of sp³-hybridized carbons (Fsp3) is 0.381. The molecule has 162 valence electrons. The van der Waals surface area contributed by atoms with E-state index in [1.54, 1.807) is 24.3 Å². The van der Waals surface area contributed by atoms with Crippen molar-refractivity contribution in [2.75, 3.05) is 12.7 Å². The summed E-state index contributed by atoms with van der Waals surface area (Å²) in [5, 5.41) is 2.06. The Labute approximate surface area is 172 Å². The van der Waals surface area contributed by atoms with Crippen molar-refractivity contribution in [3.63, 3.8) is 0 Å². The molecule has 0 aliphatic heterocycles. The molecule has 0 saturated carbocycles. The maximum atomic E-state index is 13.2. The van der Waals surface area contributed by atoms with Gasteiger partial charge in [0.2, 0.25) is 5.91 Å². The van der Waals surface area contributed by atoms with Crippen LogP contribution in [0.1, 0.15) is 36.8 Å². The van der Waals surface area contributed by atoms with Crippen molar-refractivity contribution < 1.29 is 32.3 Å². The first-order valence-electron chi connectivity index (χ1n) is 9.64. The van der Waals surface area contributed by atoms with Gasteiger partial charge in [0, 0.05) is 6.16 Å². The summed E-state index contributed by atoms with van der Waals surface area (Å²) in [5.41, 5.74) is 1.65. The molecule has 3 N–H and O–H groups in total. The lowest BCUT2D eigenvalue weighted by atomic mass is 9.73. The zero-order chi connectivity index (χ0) is 22.0. The molecule has 0 aromatic heterocycles. The van der Waals surface area contributed by atoms with Crippen LogP contribution < -0.4 is 5.32 Å². The van der Waals surface area contributed by atoms with Crippen molar-refractivity contribution >= 4 is 13.5 Å². The van der Waals surface area contributed by atoms with Gasteiger partial charge in [0.15, 0.2) is 0 Å². The molecule has 30 heavy (non-hydrogen) atoms. The Morgan fingerprint density at radius 1 is 0.933 bits per heavy atom. The average molecular weight is 441 g/mol. The molecule has 0 fully saturated rings. The Balaban J connectivity index is 1.94. The van der Waals surface area contributed by atoms with E-state index in [-0.39, 0.29) is 19.0 Å². The van der Waals surface area contributed by atoms with Crippen LogP contribution >= 0.6 is 7.60 Å². The molecule has 2 aromatic carbocycles. The largest absolute Gasteiger partial charge is 0.405 e. The molecular formula is C21H23F3NO4P. The van der Waals surface area contributed by atoms with Crippen molar-refractivity contribution in [2.24, 2.45) is 0 Å². The van der Waals surface area contributed by atoms with E-state index in [0.717, 1.165) is 11.1 Å². The van der Waals surface area contributed by atoms with Crippen LogP contribution in [0.2, 0.25) is 0 Å². The minimum atomic E-state index is -4.53. The molecule has 1 amide bonds. The summed E-state index contributed by atoms with van der Waals surface area (Å²) in [5.74, 6) is -0.716. The minimum absolute atomic E-state index is 0.242. The predicted molar refractivity (Wildman–Crippen MR) is 107 cm³/mol. The molecule has 0 spiro atoms. The van der Waals surface area contributed by atoms with E-state index >= 15 is 0 Å². The molecule has 3 rings (SSSR count). The predicted octanol–water partition coefficient (Wildman–Crippen LogP) is 4.37. The van der Waals surface area contributed by atoms with Gasteiger partial charge in [-0.3, -0.25) is 9.36 Å². The number of carbonyl (C=O) groups excluding carboxylic acids is 1. The van der Waals surface area contributed by atoms with Crippen LogP contribution in [0.15, 0.2) is 48.5 Å². The Morgan fingerprint density at radius 3 is 1.97 bits per heavy atom. The van der Waals surface area contributed by atoms with Crippen LogP contribution in [0.5, 0.6) is 0 Å². The molecule has 0 atom stereocenters. The lowest BCUT2D eigenvalue weighted by Crippen LogP contribution is -2.47. The van der Waals surface area contributed by atoms with Crippen molar-refractivity contribution in [3.8, 4) is 11.1 Å². The second kappa shape index (κ2) is 8.53. The van der Waals surface area contributed by atoms with Crippen LogP contribution in [0.4, 0.5) is 13.2 Å². The summed E-state index contributed by atoms with van der Waals surface area (Å²) in [4.78, 5) is 31.3. The van der Waals surface area contributed by atoms with Crippen LogP contribution in [0, 0.1) is 0 Å². The van der Waals surface area contributed by atoms with E-state index < -0.39 is 31.6 Å². The first-order chi connectivity index (χ1) is 14.0. The number of alkyl halides is 3. The van der Waals surface area contributed by atoms with E-state index in [9.17, 15) is 22.5 Å². The Morgan fingerprint density at radius 2 is 1.47 bits per heavy atom. The summed E-state index contributed by atoms with van der Waals surface area (Å²) in [6.07, 6.45) is -3.39. The highest BCUT2D eigenvalue weighted by Crippen LogP contribution is 2.51. The monoisotopic (exact) mass is 441 g/mol. The number of hydrogen-bond donors (Lipinski definition) is 3. The van der Waals surface area contributed by atoms with Crippen molar-refractivity contribution in [2.45, 2.75) is 37.3 Å². The molecule has 0 bridgehead atoms. The number of hydrogen-bond acceptors (Lipinski definition) is 2. The van der Waals surface area contributed by atoms with E-state index in [1.165, 1.54) is 0 Å². The molecule has 1 aliphatic carbocycles. The fourth-order valence-corrected chi connectivity index (χ4v) is 4.80. The second-order valence-electron chi connectivity index (χ2n) is 7.49. The Kier molecular flexibility index (Phi) is 6.41. The quantitative estimate of drug-likeness (QED) is 0.420. The van der Waals surface area contributed by atoms with Crippen molar-refractivity contribution in [3.05, 3.63) is 59.7 Å². The molecular weight excluding hydrogens is 418 g/mol. The van der Waals surface area contributed by atoms with E-state index in [2.05, 4.69) is 5.32 Å². The van der Waals surface area contributed by atoms with Gasteiger partial charge in [-0.25, -0.2) is 0 Å². The molecule has 5 nitrogen and oxygen atoms in total. The number of amides is 1. The van der Waals surface area contributed by atoms with Gasteiger partial charge in [0.1, 0.15) is 12.0 Å². The smallest absolute Gasteiger partial charge is 0.346 e. The molecule has 0 heterocycles. The van der Waals surface area contributed by atoms with E-state index in [0.29, 0.717) is 24.0 Å². The van der Waals surface area contributed by atoms with Gasteiger partial charge in [0.05, 0.1) is 0 Å². The fourth-order valence-electron chi connectivity index (χ4n) is 4.17. The maximum absolute atomic E-state index is 13.2. The van der Waals surface area contributed by atoms with Crippen LogP contribution in [-0.4, -0.2) is 34.6 Å². The number of unbranched alkanes of at least 4 members (excludes halogenated alkanes) is 2. The molecule has 0 unspecified atom stereocenters. The van der Waals surface area contributed by atoms with Gasteiger partial charge in [-0.2, -0.15) is 13.2 Å². The summed E-state index contributed by atoms with van der Waals surface area (Å²) in [6.45, 7) is -1.42. The molecule has 0 saturated heterocycles. The van der Waals surface area contributed by atoms with Crippen LogP contribution in [0.25, 0.3) is 11.1 Å². The first-order valence-corrected chi connectivity index (χ1v) is 11.4. The van der Waals surface area contributed by atoms with Gasteiger partial charge in [-0.1, -0.05) is 61.4 Å². The summed E-state index contributed by atoms with van der Waals surface area (Å²) in [6, 6.07) is 14.4. The number of nitrogens with one attached hydrogen (secondary N) is 1. The van der Waals surface area contributed by atoms with Gasteiger partial charge in [-0.05, 0) is 35.1 Å². The van der Waals surface area contributed by atoms with Crippen molar-refractivity contribution in [1.82, 2.24) is 5.32 Å². The Bertz CT molecular complexity index is 925. The number of rotatable bonds is 8. The van der Waals surface area contributed by atoms with E-state index in [4.69, 9.17) is 9.79 Å². The number of carbonyl (C=O) groups is 1. The zero-order valence-electron chi connectivity index (χ0n) is 16.2. The summed E-state index contributed by atoms with van der Waals surface area (Å²) in [7, 11) is -4.11. The van der Waals surface area contributed by atoms with Gasteiger partial charge >= 0.3 is 13.8 Å². The lowest BCUT2D eigenvalue weighted by molar-refractivity contribution is -0.141. The second-order valence-corrected chi connectivity index (χ2v) is 9.27. The SMILES string of the molecule is O=C(NCC(F)(F)F)C1(CCCCCP(=O)(O)O)c2ccccc2-c2ccccc21. The highest BCUT2D eigenvalue weighted by Gasteiger charge is 2.49. The van der Waals surface area contributed by atoms with Crippen LogP contribution in [0.3, 0.4) is 0 Å². The van der Waals surface area contributed by atoms with E-state index in [1.807, 2.05) is 24.3 Å². The highest BCUT2D eigenvalue weighted by molar-refractivity contribution is 7.51. The van der Waals surface area contributed by atoms with Gasteiger partial charge in [-0.15, -0.1) is 0 Å². The zero-order valence-corrected chi connectivity index (χ0v) is 17.0. The highest BCUT2D eigenvalue weighted by atomic mass is 31.2. The van der Waals surface area contributed by atoms with Gasteiger partial charge < -0.3 is 15.1 Å². The lowest BCUT2D eigenvalue weighted by Gasteiger charge is -2.31. The molecule has 2 aromatic rings. The third-order valence-corrected chi connectivity index (χ3v) is 6.30. The van der Waals surface area contributed by atoms with Gasteiger partial charge in [0.25, 0.3) is 0 Å². The number of fused-ring (bicyclic) bond motifs is 3. The topological polar surface area (TPSA) is 86.6 Å². The normalized spacial score (nSPS) is 14.8. The summed E-state index contributed by atoms with van der Waals surface area (Å²) >= 11 is 0. The third kappa shape index (κ3) is 4.77. The molecule has 9 heteroatoms. The van der Waals surface area contributed by atoms with Crippen molar-refractivity contribution in [1.29, 1.82) is 0 Å². The number of benzene rings is 2. The Hall–Kier alpha value is -2.15. The first kappa shape index (κ1) is 22.5. The average Bonchev–Trinajstić information content (AvgIpc) is 2.96. The maximum Gasteiger partial charge on any atom is 0.405 e. The van der Waals surface area contributed by atoms with Crippen LogP contribution in [-0.2, 0) is 14.8 Å². The summed E-state index contributed by atoms with van der Waals surface area (Å²) < 4.78 is 49.4. The molecule has 0 radical (unpaired) electrons. The standard InChI is InChI=1S/C21H23F3NO4P/c22-21(23,24)14-25-19(26)20(12-6-1-7-13-30(27,28)29)17-10-4-2-8-15(17)16-9-3-5-11-18(16)20/h2-5,8-11H,1,6-7,12-14H2,(H,25,26)(H2,27,28,29). The number of halogens is 3. The molecule has 1 aliphatic rings. The third-order valence-electron chi connectivity index (χ3n) is 5.40. The minimum Gasteiger partial charge on any atom is -0.346 e.